The Bertz CT molecular complexity index is 1420. The molecule has 178 valence electrons. The van der Waals surface area contributed by atoms with E-state index in [0.29, 0.717) is 11.3 Å². The molecule has 35 heavy (non-hydrogen) atoms. The number of urea groups is 1. The van der Waals surface area contributed by atoms with Crippen LogP contribution < -0.4 is 15.5 Å². The number of halogens is 2. The number of anilines is 2. The van der Waals surface area contributed by atoms with E-state index in [4.69, 9.17) is 23.2 Å². The van der Waals surface area contributed by atoms with Crippen LogP contribution in [0.15, 0.2) is 54.1 Å². The zero-order valence-electron chi connectivity index (χ0n) is 19.0. The smallest absolute Gasteiger partial charge is 0.326 e. The van der Waals surface area contributed by atoms with Crippen LogP contribution in [0.5, 0.6) is 0 Å². The number of barbiturate groups is 1. The molecule has 0 spiro atoms. The highest BCUT2D eigenvalue weighted by molar-refractivity contribution is 6.46. The molecule has 1 saturated heterocycles. The first-order valence-corrected chi connectivity index (χ1v) is 11.3. The monoisotopic (exact) mass is 510 g/mol. The van der Waals surface area contributed by atoms with Crippen LogP contribution in [0.25, 0.3) is 11.8 Å². The molecule has 0 bridgehead atoms. The molecule has 3 aromatic rings. The molecule has 0 radical (unpaired) electrons. The number of carbonyl (C=O) groups excluding carboxylic acids is 4. The maximum atomic E-state index is 13.2. The zero-order chi connectivity index (χ0) is 25.4. The average molecular weight is 511 g/mol. The van der Waals surface area contributed by atoms with Crippen LogP contribution in [0.2, 0.25) is 10.0 Å². The van der Waals surface area contributed by atoms with Crippen molar-refractivity contribution in [3.05, 3.63) is 81.1 Å². The number of nitrogens with zero attached hydrogens (tertiary/aromatic N) is 2. The maximum Gasteiger partial charge on any atom is 0.336 e. The van der Waals surface area contributed by atoms with Crippen LogP contribution in [-0.2, 0) is 14.4 Å². The molecule has 0 atom stereocenters. The summed E-state index contributed by atoms with van der Waals surface area (Å²) in [5.74, 6) is -1.78. The summed E-state index contributed by atoms with van der Waals surface area (Å²) >= 11 is 12.3. The maximum absolute atomic E-state index is 13.2. The summed E-state index contributed by atoms with van der Waals surface area (Å²) in [7, 11) is 0. The number of hydrogen-bond donors (Lipinski definition) is 2. The Labute approximate surface area is 211 Å². The standard InChI is InChI=1S/C25H20Cl2N4O4/c1-13-11-16(14(2)30(13)18-9-7-17(8-10-18)28-15(3)32)12-19-23(33)29-25(35)31(24(19)34)21-6-4-5-20(26)22(21)27/h4-12H,1-3H3,(H,28,32)(H,29,33,35)/b19-12+. The Morgan fingerprint density at radius 2 is 1.71 bits per heavy atom. The fraction of sp³-hybridized carbons (Fsp3) is 0.120. The SMILES string of the molecule is CC(=O)Nc1ccc(-n2c(C)cc(/C=C3\C(=O)NC(=O)N(c4cccc(Cl)c4Cl)C3=O)c2C)cc1. The number of aryl methyl sites for hydroxylation is 1. The van der Waals surface area contributed by atoms with Crippen LogP contribution in [-0.4, -0.2) is 28.3 Å². The van der Waals surface area contributed by atoms with Gasteiger partial charge in [0.05, 0.1) is 15.7 Å². The van der Waals surface area contributed by atoms with E-state index in [1.807, 2.05) is 36.6 Å². The topological polar surface area (TPSA) is 101 Å². The van der Waals surface area contributed by atoms with E-state index in [-0.39, 0.29) is 27.2 Å². The summed E-state index contributed by atoms with van der Waals surface area (Å²) in [6.07, 6.45) is 1.44. The zero-order valence-corrected chi connectivity index (χ0v) is 20.5. The molecule has 4 rings (SSSR count). The number of nitrogens with one attached hydrogen (secondary N) is 2. The van der Waals surface area contributed by atoms with Crippen molar-refractivity contribution < 1.29 is 19.2 Å². The van der Waals surface area contributed by atoms with E-state index in [9.17, 15) is 19.2 Å². The number of aromatic nitrogens is 1. The van der Waals surface area contributed by atoms with Crippen molar-refractivity contribution >= 4 is 64.4 Å². The molecule has 10 heteroatoms. The van der Waals surface area contributed by atoms with Crippen LogP contribution in [0.3, 0.4) is 0 Å². The Balaban J connectivity index is 1.73. The normalized spacial score (nSPS) is 14.9. The Kier molecular flexibility index (Phi) is 6.51. The number of imide groups is 2. The molecule has 0 aliphatic carbocycles. The van der Waals surface area contributed by atoms with Gasteiger partial charge in [-0.25, -0.2) is 9.69 Å². The summed E-state index contributed by atoms with van der Waals surface area (Å²) in [5, 5.41) is 5.09. The lowest BCUT2D eigenvalue weighted by molar-refractivity contribution is -0.122. The van der Waals surface area contributed by atoms with Crippen molar-refractivity contribution in [1.29, 1.82) is 0 Å². The molecule has 2 N–H and O–H groups in total. The van der Waals surface area contributed by atoms with Crippen molar-refractivity contribution in [3.63, 3.8) is 0 Å². The van der Waals surface area contributed by atoms with Gasteiger partial charge in [0, 0.05) is 29.7 Å². The largest absolute Gasteiger partial charge is 0.336 e. The van der Waals surface area contributed by atoms with Gasteiger partial charge >= 0.3 is 6.03 Å². The quantitative estimate of drug-likeness (QED) is 0.379. The Morgan fingerprint density at radius 1 is 1.03 bits per heavy atom. The van der Waals surface area contributed by atoms with Crippen molar-refractivity contribution in [2.45, 2.75) is 20.8 Å². The summed E-state index contributed by atoms with van der Waals surface area (Å²) in [6.45, 7) is 5.18. The van der Waals surface area contributed by atoms with Crippen molar-refractivity contribution in [2.24, 2.45) is 0 Å². The summed E-state index contributed by atoms with van der Waals surface area (Å²) in [5.41, 5.74) is 3.61. The predicted octanol–water partition coefficient (Wildman–Crippen LogP) is 5.03. The number of rotatable bonds is 4. The van der Waals surface area contributed by atoms with Crippen molar-refractivity contribution in [2.75, 3.05) is 10.2 Å². The van der Waals surface area contributed by atoms with Crippen molar-refractivity contribution in [3.8, 4) is 5.69 Å². The molecule has 8 nitrogen and oxygen atoms in total. The molecule has 1 fully saturated rings. The van der Waals surface area contributed by atoms with Crippen LogP contribution >= 0.6 is 23.2 Å². The third-order valence-corrected chi connectivity index (χ3v) is 6.30. The van der Waals surface area contributed by atoms with Gasteiger partial charge in [0.2, 0.25) is 5.91 Å². The van der Waals surface area contributed by atoms with Gasteiger partial charge in [0.25, 0.3) is 11.8 Å². The lowest BCUT2D eigenvalue weighted by Gasteiger charge is -2.27. The fourth-order valence-corrected chi connectivity index (χ4v) is 4.31. The fourth-order valence-electron chi connectivity index (χ4n) is 3.93. The molecule has 1 aliphatic heterocycles. The van der Waals surface area contributed by atoms with Gasteiger partial charge in [-0.1, -0.05) is 29.3 Å². The van der Waals surface area contributed by atoms with Gasteiger partial charge in [-0.3, -0.25) is 19.7 Å². The Hall–Kier alpha value is -3.88. The summed E-state index contributed by atoms with van der Waals surface area (Å²) in [6, 6.07) is 12.7. The second-order valence-corrected chi connectivity index (χ2v) is 8.71. The van der Waals surface area contributed by atoms with Crippen LogP contribution in [0.4, 0.5) is 16.2 Å². The minimum absolute atomic E-state index is 0.0206. The number of carbonyl (C=O) groups is 4. The second kappa shape index (κ2) is 9.40. The first-order valence-electron chi connectivity index (χ1n) is 10.5. The summed E-state index contributed by atoms with van der Waals surface area (Å²) < 4.78 is 1.95. The molecule has 0 unspecified atom stereocenters. The van der Waals surface area contributed by atoms with E-state index in [1.54, 1.807) is 18.2 Å². The minimum Gasteiger partial charge on any atom is -0.326 e. The van der Waals surface area contributed by atoms with E-state index < -0.39 is 17.8 Å². The summed E-state index contributed by atoms with van der Waals surface area (Å²) in [4.78, 5) is 50.4. The lowest BCUT2D eigenvalue weighted by Crippen LogP contribution is -2.54. The van der Waals surface area contributed by atoms with E-state index in [2.05, 4.69) is 10.6 Å². The Morgan fingerprint density at radius 3 is 2.37 bits per heavy atom. The highest BCUT2D eigenvalue weighted by Gasteiger charge is 2.38. The van der Waals surface area contributed by atoms with E-state index >= 15 is 0 Å². The van der Waals surface area contributed by atoms with E-state index in [0.717, 1.165) is 22.0 Å². The van der Waals surface area contributed by atoms with Gasteiger partial charge in [-0.05, 0) is 68.0 Å². The van der Waals surface area contributed by atoms with Crippen LogP contribution in [0, 0.1) is 13.8 Å². The number of benzene rings is 2. The number of hydrogen-bond acceptors (Lipinski definition) is 4. The minimum atomic E-state index is -0.911. The van der Waals surface area contributed by atoms with Gasteiger partial charge in [-0.2, -0.15) is 0 Å². The highest BCUT2D eigenvalue weighted by Crippen LogP contribution is 2.34. The van der Waals surface area contributed by atoms with Crippen molar-refractivity contribution in [1.82, 2.24) is 9.88 Å². The van der Waals surface area contributed by atoms with Gasteiger partial charge in [0.15, 0.2) is 0 Å². The first kappa shape index (κ1) is 24.3. The molecular formula is C25H20Cl2N4O4. The molecule has 2 heterocycles. The van der Waals surface area contributed by atoms with Crippen LogP contribution in [0.1, 0.15) is 23.9 Å². The number of amides is 5. The molecule has 0 saturated carbocycles. The van der Waals surface area contributed by atoms with E-state index in [1.165, 1.54) is 25.1 Å². The third kappa shape index (κ3) is 4.58. The molecular weight excluding hydrogens is 491 g/mol. The molecule has 2 aromatic carbocycles. The highest BCUT2D eigenvalue weighted by atomic mass is 35.5. The van der Waals surface area contributed by atoms with Gasteiger partial charge in [-0.15, -0.1) is 0 Å². The molecule has 1 aromatic heterocycles. The molecule has 1 aliphatic rings. The van der Waals surface area contributed by atoms with Gasteiger partial charge in [0.1, 0.15) is 5.57 Å². The second-order valence-electron chi connectivity index (χ2n) is 7.92. The average Bonchev–Trinajstić information content (AvgIpc) is 3.07. The first-order chi connectivity index (χ1) is 16.6. The molecule has 5 amide bonds. The van der Waals surface area contributed by atoms with Gasteiger partial charge < -0.3 is 9.88 Å². The third-order valence-electron chi connectivity index (χ3n) is 5.49. The predicted molar refractivity (Wildman–Crippen MR) is 135 cm³/mol. The lowest BCUT2D eigenvalue weighted by atomic mass is 10.1.